The fraction of sp³-hybridized carbons (Fsp3) is 0.273. The molecule has 1 saturated heterocycles. The first kappa shape index (κ1) is 17.5. The second-order valence-corrected chi connectivity index (χ2v) is 6.96. The van der Waals surface area contributed by atoms with E-state index in [1.807, 2.05) is 47.6 Å². The van der Waals surface area contributed by atoms with Crippen LogP contribution in [0.4, 0.5) is 0 Å². The number of amides is 1. The Morgan fingerprint density at radius 3 is 2.52 bits per heavy atom. The molecule has 4 rings (SSSR count). The van der Waals surface area contributed by atoms with E-state index in [0.717, 1.165) is 43.9 Å². The quantitative estimate of drug-likeness (QED) is 0.749. The molecular formula is C22H24N3O2+. The number of carbonyl (C=O) groups is 1. The highest BCUT2D eigenvalue weighted by Crippen LogP contribution is 2.20. The molecule has 1 N–H and O–H groups in total. The SMILES string of the molecule is O=C(COc1ccc2ccccc2c1)N1CC[NH+](Cc2ccncc2)CC1. The van der Waals surface area contributed by atoms with Gasteiger partial charge in [0.05, 0.1) is 26.2 Å². The van der Waals surface area contributed by atoms with Crippen molar-refractivity contribution in [2.45, 2.75) is 6.54 Å². The van der Waals surface area contributed by atoms with Crippen LogP contribution in [0.15, 0.2) is 67.0 Å². The molecule has 5 heteroatoms. The van der Waals surface area contributed by atoms with E-state index in [4.69, 9.17) is 4.74 Å². The highest BCUT2D eigenvalue weighted by molar-refractivity contribution is 5.84. The highest BCUT2D eigenvalue weighted by Gasteiger charge is 2.24. The number of nitrogens with one attached hydrogen (secondary N) is 1. The summed E-state index contributed by atoms with van der Waals surface area (Å²) >= 11 is 0. The van der Waals surface area contributed by atoms with Crippen molar-refractivity contribution in [3.63, 3.8) is 0 Å². The first-order chi connectivity index (χ1) is 13.3. The molecule has 2 aromatic carbocycles. The van der Waals surface area contributed by atoms with Crippen molar-refractivity contribution in [1.29, 1.82) is 0 Å². The Bertz CT molecular complexity index is 906. The highest BCUT2D eigenvalue weighted by atomic mass is 16.5. The van der Waals surface area contributed by atoms with Crippen LogP contribution < -0.4 is 9.64 Å². The van der Waals surface area contributed by atoms with Gasteiger partial charge in [0.1, 0.15) is 12.3 Å². The van der Waals surface area contributed by atoms with Gasteiger partial charge in [0.25, 0.3) is 5.91 Å². The van der Waals surface area contributed by atoms with Crippen LogP contribution in [0, 0.1) is 0 Å². The van der Waals surface area contributed by atoms with Gasteiger partial charge in [0, 0.05) is 18.0 Å². The van der Waals surface area contributed by atoms with Gasteiger partial charge in [-0.05, 0) is 35.0 Å². The number of pyridine rings is 1. The van der Waals surface area contributed by atoms with Gasteiger partial charge in [-0.25, -0.2) is 0 Å². The van der Waals surface area contributed by atoms with Crippen molar-refractivity contribution < 1.29 is 14.4 Å². The zero-order valence-corrected chi connectivity index (χ0v) is 15.3. The minimum Gasteiger partial charge on any atom is -0.484 e. The van der Waals surface area contributed by atoms with Crippen LogP contribution in [-0.2, 0) is 11.3 Å². The molecule has 0 aliphatic carbocycles. The van der Waals surface area contributed by atoms with Gasteiger partial charge >= 0.3 is 0 Å². The second-order valence-electron chi connectivity index (χ2n) is 6.96. The minimum atomic E-state index is 0.0612. The molecule has 0 spiro atoms. The van der Waals surface area contributed by atoms with Crippen molar-refractivity contribution in [2.24, 2.45) is 0 Å². The van der Waals surface area contributed by atoms with Crippen molar-refractivity contribution in [3.8, 4) is 5.75 Å². The lowest BCUT2D eigenvalue weighted by atomic mass is 10.1. The third-order valence-corrected chi connectivity index (χ3v) is 5.11. The van der Waals surface area contributed by atoms with E-state index in [0.29, 0.717) is 0 Å². The summed E-state index contributed by atoms with van der Waals surface area (Å²) in [6.07, 6.45) is 3.66. The molecular weight excluding hydrogens is 338 g/mol. The lowest BCUT2D eigenvalue weighted by Crippen LogP contribution is -3.13. The van der Waals surface area contributed by atoms with E-state index in [9.17, 15) is 4.79 Å². The molecule has 5 nitrogen and oxygen atoms in total. The Labute approximate surface area is 159 Å². The average Bonchev–Trinajstić information content (AvgIpc) is 2.73. The third-order valence-electron chi connectivity index (χ3n) is 5.11. The van der Waals surface area contributed by atoms with Gasteiger partial charge in [-0.1, -0.05) is 30.3 Å². The Morgan fingerprint density at radius 1 is 1.00 bits per heavy atom. The van der Waals surface area contributed by atoms with Gasteiger partial charge < -0.3 is 14.5 Å². The maximum absolute atomic E-state index is 12.5. The molecule has 0 atom stereocenters. The summed E-state index contributed by atoms with van der Waals surface area (Å²) < 4.78 is 5.75. The zero-order valence-electron chi connectivity index (χ0n) is 15.3. The molecule has 1 aliphatic heterocycles. The van der Waals surface area contributed by atoms with E-state index in [1.54, 1.807) is 0 Å². The molecule has 27 heavy (non-hydrogen) atoms. The fourth-order valence-corrected chi connectivity index (χ4v) is 3.53. The number of rotatable bonds is 5. The Morgan fingerprint density at radius 2 is 1.74 bits per heavy atom. The maximum atomic E-state index is 12.5. The van der Waals surface area contributed by atoms with Gasteiger partial charge in [0.15, 0.2) is 6.61 Å². The summed E-state index contributed by atoms with van der Waals surface area (Å²) in [7, 11) is 0. The van der Waals surface area contributed by atoms with Crippen molar-refractivity contribution in [3.05, 3.63) is 72.6 Å². The van der Waals surface area contributed by atoms with Crippen molar-refractivity contribution >= 4 is 16.7 Å². The zero-order chi connectivity index (χ0) is 18.5. The fourth-order valence-electron chi connectivity index (χ4n) is 3.53. The van der Waals surface area contributed by atoms with E-state index in [1.165, 1.54) is 15.8 Å². The van der Waals surface area contributed by atoms with Crippen molar-refractivity contribution in [2.75, 3.05) is 32.8 Å². The number of hydrogen-bond acceptors (Lipinski definition) is 3. The topological polar surface area (TPSA) is 46.9 Å². The van der Waals surface area contributed by atoms with Crippen LogP contribution in [0.5, 0.6) is 5.75 Å². The summed E-state index contributed by atoms with van der Waals surface area (Å²) in [6.45, 7) is 4.56. The first-order valence-electron chi connectivity index (χ1n) is 9.40. The smallest absolute Gasteiger partial charge is 0.260 e. The maximum Gasteiger partial charge on any atom is 0.260 e. The van der Waals surface area contributed by atoms with Crippen LogP contribution in [0.2, 0.25) is 0 Å². The molecule has 1 aliphatic rings. The molecule has 0 unspecified atom stereocenters. The number of nitrogens with zero attached hydrogens (tertiary/aromatic N) is 2. The van der Waals surface area contributed by atoms with Gasteiger partial charge in [-0.2, -0.15) is 0 Å². The molecule has 138 valence electrons. The second kappa shape index (κ2) is 8.18. The predicted octanol–water partition coefficient (Wildman–Crippen LogP) is 1.54. The summed E-state index contributed by atoms with van der Waals surface area (Å²) in [5, 5.41) is 2.29. The molecule has 0 bridgehead atoms. The number of benzene rings is 2. The van der Waals surface area contributed by atoms with E-state index >= 15 is 0 Å². The Kier molecular flexibility index (Phi) is 5.30. The van der Waals surface area contributed by atoms with E-state index < -0.39 is 0 Å². The lowest BCUT2D eigenvalue weighted by Gasteiger charge is -2.32. The number of piperazine rings is 1. The molecule has 0 radical (unpaired) electrons. The van der Waals surface area contributed by atoms with Gasteiger partial charge in [-0.15, -0.1) is 0 Å². The summed E-state index contributed by atoms with van der Waals surface area (Å²) in [4.78, 5) is 20.0. The summed E-state index contributed by atoms with van der Waals surface area (Å²) in [6, 6.07) is 18.2. The monoisotopic (exact) mass is 362 g/mol. The number of fused-ring (bicyclic) bond motifs is 1. The standard InChI is InChI=1S/C22H23N3O2/c26-22(17-27-21-6-5-19-3-1-2-4-20(19)15-21)25-13-11-24(12-14-25)16-18-7-9-23-10-8-18/h1-10,15H,11-14,16-17H2/p+1. The molecule has 2 heterocycles. The van der Waals surface area contributed by atoms with Crippen LogP contribution in [0.3, 0.4) is 0 Å². The van der Waals surface area contributed by atoms with Crippen LogP contribution in [-0.4, -0.2) is 48.6 Å². The summed E-state index contributed by atoms with van der Waals surface area (Å²) in [5.74, 6) is 0.801. The molecule has 1 amide bonds. The minimum absolute atomic E-state index is 0.0612. The summed E-state index contributed by atoms with van der Waals surface area (Å²) in [5.41, 5.74) is 1.29. The molecule has 0 saturated carbocycles. The van der Waals surface area contributed by atoms with Crippen LogP contribution >= 0.6 is 0 Å². The number of quaternary nitrogens is 1. The largest absolute Gasteiger partial charge is 0.484 e. The number of ether oxygens (including phenoxy) is 1. The normalized spacial score (nSPS) is 15.0. The van der Waals surface area contributed by atoms with Crippen molar-refractivity contribution in [1.82, 2.24) is 9.88 Å². The van der Waals surface area contributed by atoms with E-state index in [2.05, 4.69) is 29.2 Å². The van der Waals surface area contributed by atoms with E-state index in [-0.39, 0.29) is 12.5 Å². The predicted molar refractivity (Wildman–Crippen MR) is 105 cm³/mol. The molecule has 3 aromatic rings. The average molecular weight is 362 g/mol. The molecule has 1 aromatic heterocycles. The lowest BCUT2D eigenvalue weighted by molar-refractivity contribution is -0.917. The number of carbonyl (C=O) groups excluding carboxylic acids is 1. The van der Waals surface area contributed by atoms with Gasteiger partial charge in [-0.3, -0.25) is 9.78 Å². The molecule has 1 fully saturated rings. The number of hydrogen-bond donors (Lipinski definition) is 1. The number of aromatic nitrogens is 1. The Balaban J connectivity index is 1.26. The van der Waals surface area contributed by atoms with Gasteiger partial charge in [0.2, 0.25) is 0 Å². The van der Waals surface area contributed by atoms with Crippen LogP contribution in [0.25, 0.3) is 10.8 Å². The van der Waals surface area contributed by atoms with Crippen LogP contribution in [0.1, 0.15) is 5.56 Å². The Hall–Kier alpha value is -2.92. The third kappa shape index (κ3) is 4.44. The first-order valence-corrected chi connectivity index (χ1v) is 9.40.